The lowest BCUT2D eigenvalue weighted by Crippen LogP contribution is -2.07. The second-order valence-electron chi connectivity index (χ2n) is 3.71. The maximum Gasteiger partial charge on any atom is 0.172 e. The zero-order valence-electron chi connectivity index (χ0n) is 9.03. The van der Waals surface area contributed by atoms with E-state index in [0.717, 1.165) is 31.4 Å². The summed E-state index contributed by atoms with van der Waals surface area (Å²) in [6.45, 7) is 7.08. The van der Waals surface area contributed by atoms with Crippen LogP contribution in [0.1, 0.15) is 55.7 Å². The van der Waals surface area contributed by atoms with Crippen molar-refractivity contribution in [3.8, 4) is 0 Å². The third-order valence-electron chi connectivity index (χ3n) is 2.18. The lowest BCUT2D eigenvalue weighted by atomic mass is 10.1. The summed E-state index contributed by atoms with van der Waals surface area (Å²) in [5.41, 5.74) is 1.43. The van der Waals surface area contributed by atoms with Crippen molar-refractivity contribution in [2.24, 2.45) is 0 Å². The molecule has 0 atom stereocenters. The highest BCUT2D eigenvalue weighted by atomic mass is 16.1. The quantitative estimate of drug-likeness (QED) is 0.675. The fourth-order valence-corrected chi connectivity index (χ4v) is 1.48. The monoisotopic (exact) mass is 195 g/mol. The van der Waals surface area contributed by atoms with Crippen molar-refractivity contribution >= 4 is 6.29 Å². The van der Waals surface area contributed by atoms with E-state index >= 15 is 0 Å². The van der Waals surface area contributed by atoms with Crippen LogP contribution < -0.4 is 0 Å². The van der Waals surface area contributed by atoms with Crippen molar-refractivity contribution in [2.75, 3.05) is 0 Å². The van der Waals surface area contributed by atoms with Crippen LogP contribution >= 0.6 is 0 Å². The Hall–Kier alpha value is -1.19. The Morgan fingerprint density at radius 2 is 2.21 bits per heavy atom. The van der Waals surface area contributed by atoms with E-state index in [9.17, 15) is 4.79 Å². The molecule has 0 aliphatic rings. The van der Waals surface area contributed by atoms with Gasteiger partial charge in [0.2, 0.25) is 0 Å². The van der Waals surface area contributed by atoms with Crippen LogP contribution in [0, 0.1) is 0 Å². The molecule has 0 saturated heterocycles. The van der Waals surface area contributed by atoms with Gasteiger partial charge < -0.3 is 0 Å². The Balaban J connectivity index is 2.92. The van der Waals surface area contributed by atoms with Crippen LogP contribution in [0.25, 0.3) is 0 Å². The van der Waals surface area contributed by atoms with E-state index in [-0.39, 0.29) is 0 Å². The van der Waals surface area contributed by atoms with Gasteiger partial charge in [-0.1, -0.05) is 32.4 Å². The number of hydrogen-bond donors (Lipinski definition) is 0. The molecular formula is C10H17N3O. The van der Waals surface area contributed by atoms with Crippen molar-refractivity contribution in [3.63, 3.8) is 0 Å². The van der Waals surface area contributed by atoms with Crippen molar-refractivity contribution in [1.82, 2.24) is 15.0 Å². The van der Waals surface area contributed by atoms with E-state index in [0.29, 0.717) is 11.6 Å². The molecule has 4 heteroatoms. The van der Waals surface area contributed by atoms with Gasteiger partial charge in [0.25, 0.3) is 0 Å². The van der Waals surface area contributed by atoms with Crippen molar-refractivity contribution < 1.29 is 4.79 Å². The maximum absolute atomic E-state index is 10.7. The third-order valence-corrected chi connectivity index (χ3v) is 2.18. The van der Waals surface area contributed by atoms with Crippen LogP contribution in [-0.2, 0) is 6.54 Å². The Kier molecular flexibility index (Phi) is 3.80. The summed E-state index contributed by atoms with van der Waals surface area (Å²) in [4.78, 5) is 10.7. The zero-order chi connectivity index (χ0) is 10.6. The van der Waals surface area contributed by atoms with Gasteiger partial charge in [-0.15, -0.1) is 5.10 Å². The largest absolute Gasteiger partial charge is 0.296 e. The Labute approximate surface area is 84.3 Å². The summed E-state index contributed by atoms with van der Waals surface area (Å²) in [6, 6.07) is 0. The SMILES string of the molecule is CCCCn1nnc(C=O)c1C(C)C. The first-order chi connectivity index (χ1) is 6.70. The zero-order valence-corrected chi connectivity index (χ0v) is 9.03. The van der Waals surface area contributed by atoms with E-state index in [1.165, 1.54) is 0 Å². The second kappa shape index (κ2) is 4.88. The molecule has 1 aromatic rings. The molecule has 0 aliphatic carbocycles. The van der Waals surface area contributed by atoms with E-state index in [4.69, 9.17) is 0 Å². The number of hydrogen-bond acceptors (Lipinski definition) is 3. The molecule has 0 unspecified atom stereocenters. The topological polar surface area (TPSA) is 47.8 Å². The van der Waals surface area contributed by atoms with Crippen molar-refractivity contribution in [1.29, 1.82) is 0 Å². The predicted octanol–water partition coefficient (Wildman–Crippen LogP) is 2.01. The fourth-order valence-electron chi connectivity index (χ4n) is 1.48. The first-order valence-electron chi connectivity index (χ1n) is 5.09. The normalized spacial score (nSPS) is 10.9. The number of carbonyl (C=O) groups excluding carboxylic acids is 1. The van der Waals surface area contributed by atoms with Gasteiger partial charge in [0.1, 0.15) is 5.69 Å². The smallest absolute Gasteiger partial charge is 0.172 e. The second-order valence-corrected chi connectivity index (χ2v) is 3.71. The highest BCUT2D eigenvalue weighted by Crippen LogP contribution is 2.16. The van der Waals surface area contributed by atoms with Crippen LogP contribution in [0.2, 0.25) is 0 Å². The Morgan fingerprint density at radius 3 is 2.71 bits per heavy atom. The summed E-state index contributed by atoms with van der Waals surface area (Å²) >= 11 is 0. The Bertz CT molecular complexity index is 304. The highest BCUT2D eigenvalue weighted by molar-refractivity contribution is 5.73. The van der Waals surface area contributed by atoms with Gasteiger partial charge in [0.05, 0.1) is 5.69 Å². The van der Waals surface area contributed by atoms with Crippen LogP contribution in [0.15, 0.2) is 0 Å². The average Bonchev–Trinajstić information content (AvgIpc) is 2.57. The molecular weight excluding hydrogens is 178 g/mol. The molecule has 1 heterocycles. The highest BCUT2D eigenvalue weighted by Gasteiger charge is 2.14. The van der Waals surface area contributed by atoms with Gasteiger partial charge in [-0.25, -0.2) is 4.68 Å². The molecule has 0 spiro atoms. The van der Waals surface area contributed by atoms with E-state index < -0.39 is 0 Å². The molecule has 0 amide bonds. The van der Waals surface area contributed by atoms with Gasteiger partial charge in [-0.2, -0.15) is 0 Å². The summed E-state index contributed by atoms with van der Waals surface area (Å²) in [6.07, 6.45) is 2.97. The van der Waals surface area contributed by atoms with E-state index in [2.05, 4.69) is 17.2 Å². The van der Waals surface area contributed by atoms with Crippen molar-refractivity contribution in [2.45, 2.75) is 46.1 Å². The number of carbonyl (C=O) groups is 1. The third kappa shape index (κ3) is 2.19. The van der Waals surface area contributed by atoms with Gasteiger partial charge in [0.15, 0.2) is 6.29 Å². The molecule has 0 aromatic carbocycles. The van der Waals surface area contributed by atoms with Crippen LogP contribution in [0.4, 0.5) is 0 Å². The minimum Gasteiger partial charge on any atom is -0.296 e. The van der Waals surface area contributed by atoms with Gasteiger partial charge in [-0.05, 0) is 12.3 Å². The summed E-state index contributed by atoms with van der Waals surface area (Å²) in [5.74, 6) is 0.294. The molecule has 0 radical (unpaired) electrons. The summed E-state index contributed by atoms with van der Waals surface area (Å²) in [7, 11) is 0. The Morgan fingerprint density at radius 1 is 1.50 bits per heavy atom. The lowest BCUT2D eigenvalue weighted by Gasteiger charge is -2.08. The maximum atomic E-state index is 10.7. The molecule has 1 aromatic heterocycles. The first-order valence-corrected chi connectivity index (χ1v) is 5.09. The van der Waals surface area contributed by atoms with Gasteiger partial charge in [-0.3, -0.25) is 4.79 Å². The van der Waals surface area contributed by atoms with Gasteiger partial charge in [0, 0.05) is 6.54 Å². The molecule has 4 nitrogen and oxygen atoms in total. The standard InChI is InChI=1S/C10H17N3O/c1-4-5-6-13-10(8(2)3)9(7-14)11-12-13/h7-8H,4-6H2,1-3H3. The molecule has 0 aliphatic heterocycles. The van der Waals surface area contributed by atoms with Crippen molar-refractivity contribution in [3.05, 3.63) is 11.4 Å². The molecule has 1 rings (SSSR count). The number of aldehydes is 1. The molecule has 0 bridgehead atoms. The van der Waals surface area contributed by atoms with Crippen LogP contribution in [0.3, 0.4) is 0 Å². The number of aromatic nitrogens is 3. The number of unbranched alkanes of at least 4 members (excludes halogenated alkanes) is 1. The average molecular weight is 195 g/mol. The van der Waals surface area contributed by atoms with Gasteiger partial charge >= 0.3 is 0 Å². The summed E-state index contributed by atoms with van der Waals surface area (Å²) in [5, 5.41) is 7.83. The molecule has 14 heavy (non-hydrogen) atoms. The number of aryl methyl sites for hydroxylation is 1. The number of rotatable bonds is 5. The molecule has 78 valence electrons. The lowest BCUT2D eigenvalue weighted by molar-refractivity contribution is 0.111. The van der Waals surface area contributed by atoms with E-state index in [1.54, 1.807) is 0 Å². The van der Waals surface area contributed by atoms with E-state index in [1.807, 2.05) is 18.5 Å². The minimum absolute atomic E-state index is 0.294. The van der Waals surface area contributed by atoms with Crippen LogP contribution in [-0.4, -0.2) is 21.3 Å². The predicted molar refractivity (Wildman–Crippen MR) is 54.4 cm³/mol. The minimum atomic E-state index is 0.294. The summed E-state index contributed by atoms with van der Waals surface area (Å²) < 4.78 is 1.85. The fraction of sp³-hybridized carbons (Fsp3) is 0.700. The van der Waals surface area contributed by atoms with Crippen LogP contribution in [0.5, 0.6) is 0 Å². The first kappa shape index (κ1) is 10.9. The molecule has 0 saturated carbocycles. The molecule has 0 fully saturated rings. The number of nitrogens with zero attached hydrogens (tertiary/aromatic N) is 3. The molecule has 0 N–H and O–H groups in total.